The standard InChI is InChI=1S/C25H22BrN3O3/c26-18-11-9-16(10-12-18)14-28-15-17(20-7-3-4-8-22(20)28)13-21-23(30)27-25(32)29(24(21)31)19-5-1-2-6-19/h3-4,7-13,15,19H,1-2,5-6,14H2,(H,27,30,32)/b21-13-. The zero-order chi connectivity index (χ0) is 22.2. The number of halogens is 1. The minimum Gasteiger partial charge on any atom is -0.342 e. The number of carbonyl (C=O) groups excluding carboxylic acids is 3. The van der Waals surface area contributed by atoms with Crippen molar-refractivity contribution < 1.29 is 14.4 Å². The van der Waals surface area contributed by atoms with Crippen LogP contribution in [0, 0.1) is 0 Å². The lowest BCUT2D eigenvalue weighted by Gasteiger charge is -2.31. The largest absolute Gasteiger partial charge is 0.342 e. The third kappa shape index (κ3) is 3.77. The lowest BCUT2D eigenvalue weighted by atomic mass is 10.0. The van der Waals surface area contributed by atoms with Crippen LogP contribution in [0.25, 0.3) is 17.0 Å². The lowest BCUT2D eigenvalue weighted by molar-refractivity contribution is -0.131. The highest BCUT2D eigenvalue weighted by Crippen LogP contribution is 2.29. The third-order valence-electron chi connectivity index (χ3n) is 6.21. The molecule has 5 rings (SSSR count). The van der Waals surface area contributed by atoms with Crippen LogP contribution in [0.4, 0.5) is 4.79 Å². The Morgan fingerprint density at radius 1 is 1.00 bits per heavy atom. The molecule has 162 valence electrons. The van der Waals surface area contributed by atoms with E-state index in [0.717, 1.165) is 52.2 Å². The minimum absolute atomic E-state index is 0.00282. The van der Waals surface area contributed by atoms with E-state index in [-0.39, 0.29) is 11.6 Å². The molecular formula is C25H22BrN3O3. The van der Waals surface area contributed by atoms with Gasteiger partial charge >= 0.3 is 6.03 Å². The molecular weight excluding hydrogens is 470 g/mol. The van der Waals surface area contributed by atoms with E-state index in [1.807, 2.05) is 42.6 Å². The molecule has 2 heterocycles. The van der Waals surface area contributed by atoms with Crippen LogP contribution in [0.2, 0.25) is 0 Å². The number of amides is 4. The Balaban J connectivity index is 1.53. The number of nitrogens with zero attached hydrogens (tertiary/aromatic N) is 2. The van der Waals surface area contributed by atoms with E-state index in [1.165, 1.54) is 4.90 Å². The summed E-state index contributed by atoms with van der Waals surface area (Å²) in [6.45, 7) is 0.657. The Kier molecular flexibility index (Phi) is 5.43. The molecule has 2 fully saturated rings. The van der Waals surface area contributed by atoms with Gasteiger partial charge in [0.1, 0.15) is 5.57 Å². The van der Waals surface area contributed by atoms with E-state index in [0.29, 0.717) is 6.54 Å². The van der Waals surface area contributed by atoms with Crippen molar-refractivity contribution in [1.29, 1.82) is 0 Å². The van der Waals surface area contributed by atoms with Gasteiger partial charge in [0, 0.05) is 39.7 Å². The van der Waals surface area contributed by atoms with Gasteiger partial charge in [-0.2, -0.15) is 0 Å². The van der Waals surface area contributed by atoms with Crippen molar-refractivity contribution >= 4 is 50.8 Å². The van der Waals surface area contributed by atoms with Crippen LogP contribution in [0.5, 0.6) is 0 Å². The molecule has 0 radical (unpaired) electrons. The first-order chi connectivity index (χ1) is 15.5. The second-order valence-corrected chi connectivity index (χ2v) is 9.20. The van der Waals surface area contributed by atoms with Crippen LogP contribution in [0.1, 0.15) is 36.8 Å². The van der Waals surface area contributed by atoms with E-state index in [1.54, 1.807) is 6.08 Å². The average molecular weight is 492 g/mol. The molecule has 1 saturated heterocycles. The number of fused-ring (bicyclic) bond motifs is 1. The van der Waals surface area contributed by atoms with Crippen molar-refractivity contribution in [2.24, 2.45) is 0 Å². The number of hydrogen-bond donors (Lipinski definition) is 1. The number of aromatic nitrogens is 1. The monoisotopic (exact) mass is 491 g/mol. The Morgan fingerprint density at radius 3 is 2.47 bits per heavy atom. The van der Waals surface area contributed by atoms with Gasteiger partial charge in [0.25, 0.3) is 11.8 Å². The summed E-state index contributed by atoms with van der Waals surface area (Å²) in [5.41, 5.74) is 2.92. The van der Waals surface area contributed by atoms with E-state index in [4.69, 9.17) is 0 Å². The summed E-state index contributed by atoms with van der Waals surface area (Å²) < 4.78 is 3.13. The van der Waals surface area contributed by atoms with Crippen LogP contribution >= 0.6 is 15.9 Å². The molecule has 4 amide bonds. The number of para-hydroxylation sites is 1. The zero-order valence-corrected chi connectivity index (χ0v) is 19.0. The highest BCUT2D eigenvalue weighted by Gasteiger charge is 2.40. The van der Waals surface area contributed by atoms with Gasteiger partial charge in [-0.15, -0.1) is 0 Å². The molecule has 6 nitrogen and oxygen atoms in total. The van der Waals surface area contributed by atoms with Crippen molar-refractivity contribution in [3.63, 3.8) is 0 Å². The molecule has 1 aliphatic heterocycles. The molecule has 2 aliphatic rings. The van der Waals surface area contributed by atoms with Crippen molar-refractivity contribution in [3.8, 4) is 0 Å². The van der Waals surface area contributed by atoms with Crippen molar-refractivity contribution in [2.45, 2.75) is 38.3 Å². The van der Waals surface area contributed by atoms with Crippen molar-refractivity contribution in [1.82, 2.24) is 14.8 Å². The summed E-state index contributed by atoms with van der Waals surface area (Å²) in [5, 5.41) is 3.30. The van der Waals surface area contributed by atoms with E-state index in [9.17, 15) is 14.4 Å². The predicted molar refractivity (Wildman–Crippen MR) is 126 cm³/mol. The number of imide groups is 2. The molecule has 0 bridgehead atoms. The average Bonchev–Trinajstić information content (AvgIpc) is 3.42. The van der Waals surface area contributed by atoms with Crippen molar-refractivity contribution in [3.05, 3.63) is 75.9 Å². The first kappa shape index (κ1) is 20.7. The van der Waals surface area contributed by atoms with Gasteiger partial charge in [-0.25, -0.2) is 4.79 Å². The number of carbonyl (C=O) groups is 3. The first-order valence-corrected chi connectivity index (χ1v) is 11.5. The van der Waals surface area contributed by atoms with Gasteiger partial charge in [-0.05, 0) is 42.7 Å². The Labute approximate surface area is 194 Å². The first-order valence-electron chi connectivity index (χ1n) is 10.7. The number of rotatable bonds is 4. The number of barbiturate groups is 1. The maximum Gasteiger partial charge on any atom is 0.331 e. The van der Waals surface area contributed by atoms with Crippen LogP contribution in [0.3, 0.4) is 0 Å². The van der Waals surface area contributed by atoms with Gasteiger partial charge in [0.05, 0.1) is 0 Å². The van der Waals surface area contributed by atoms with Crippen LogP contribution in [-0.4, -0.2) is 33.4 Å². The Morgan fingerprint density at radius 2 is 1.72 bits per heavy atom. The SMILES string of the molecule is O=C1NC(=O)N(C2CCCC2)C(=O)/C1=C\c1cn(Cc2ccc(Br)cc2)c2ccccc12. The van der Waals surface area contributed by atoms with Gasteiger partial charge in [-0.3, -0.25) is 19.8 Å². The normalized spacial score (nSPS) is 18.7. The summed E-state index contributed by atoms with van der Waals surface area (Å²) in [5.74, 6) is -1.14. The molecule has 32 heavy (non-hydrogen) atoms. The summed E-state index contributed by atoms with van der Waals surface area (Å²) in [6.07, 6.45) is 7.11. The molecule has 0 unspecified atom stereocenters. The van der Waals surface area contributed by atoms with Crippen LogP contribution < -0.4 is 5.32 Å². The van der Waals surface area contributed by atoms with E-state index < -0.39 is 17.8 Å². The van der Waals surface area contributed by atoms with Crippen LogP contribution in [-0.2, 0) is 16.1 Å². The number of hydrogen-bond acceptors (Lipinski definition) is 3. The fourth-order valence-corrected chi connectivity index (χ4v) is 4.89. The van der Waals surface area contributed by atoms with Gasteiger partial charge in [0.2, 0.25) is 0 Å². The summed E-state index contributed by atoms with van der Waals surface area (Å²) in [4.78, 5) is 39.4. The highest BCUT2D eigenvalue weighted by molar-refractivity contribution is 9.10. The molecule has 0 atom stereocenters. The smallest absolute Gasteiger partial charge is 0.331 e. The number of urea groups is 1. The zero-order valence-electron chi connectivity index (χ0n) is 17.4. The molecule has 0 spiro atoms. The molecule has 3 aromatic rings. The van der Waals surface area contributed by atoms with E-state index in [2.05, 4.69) is 37.9 Å². The second kappa shape index (κ2) is 8.39. The van der Waals surface area contributed by atoms with Gasteiger partial charge < -0.3 is 4.57 Å². The fourth-order valence-electron chi connectivity index (χ4n) is 4.63. The summed E-state index contributed by atoms with van der Waals surface area (Å²) in [6, 6.07) is 15.3. The molecule has 2 aromatic carbocycles. The highest BCUT2D eigenvalue weighted by atomic mass is 79.9. The fraction of sp³-hybridized carbons (Fsp3) is 0.240. The lowest BCUT2D eigenvalue weighted by Crippen LogP contribution is -2.57. The number of nitrogens with one attached hydrogen (secondary N) is 1. The third-order valence-corrected chi connectivity index (χ3v) is 6.74. The summed E-state index contributed by atoms with van der Waals surface area (Å²) >= 11 is 3.46. The Bertz CT molecular complexity index is 1250. The number of benzene rings is 2. The topological polar surface area (TPSA) is 71.4 Å². The predicted octanol–water partition coefficient (Wildman–Crippen LogP) is 4.86. The molecule has 1 aliphatic carbocycles. The van der Waals surface area contributed by atoms with E-state index >= 15 is 0 Å². The van der Waals surface area contributed by atoms with Gasteiger partial charge in [-0.1, -0.05) is 59.1 Å². The maximum atomic E-state index is 13.2. The second-order valence-electron chi connectivity index (χ2n) is 8.29. The summed E-state index contributed by atoms with van der Waals surface area (Å²) in [7, 11) is 0. The van der Waals surface area contributed by atoms with Crippen molar-refractivity contribution in [2.75, 3.05) is 0 Å². The quantitative estimate of drug-likeness (QED) is 0.418. The minimum atomic E-state index is -0.640. The van der Waals surface area contributed by atoms with Gasteiger partial charge in [0.15, 0.2) is 0 Å². The van der Waals surface area contributed by atoms with Crippen LogP contribution in [0.15, 0.2) is 64.8 Å². The molecule has 1 saturated carbocycles. The molecule has 1 aromatic heterocycles. The molecule has 1 N–H and O–H groups in total. The maximum absolute atomic E-state index is 13.2. The Hall–Kier alpha value is -3.19. The molecule has 7 heteroatoms.